The van der Waals surface area contributed by atoms with Gasteiger partial charge in [0.25, 0.3) is 0 Å². The number of aliphatic hydroxyl groups is 1. The molecule has 0 fully saturated rings. The van der Waals surface area contributed by atoms with E-state index in [-0.39, 0.29) is 13.0 Å². The summed E-state index contributed by atoms with van der Waals surface area (Å²) < 4.78 is 16.5. The molecule has 0 heterocycles. The molecule has 0 aromatic heterocycles. The Kier molecular flexibility index (Phi) is 13.5. The molecular formula is C23H32N3O7P. The van der Waals surface area contributed by atoms with Gasteiger partial charge < -0.3 is 29.3 Å². The van der Waals surface area contributed by atoms with Crippen LogP contribution in [0.25, 0.3) is 0 Å². The second-order valence-electron chi connectivity index (χ2n) is 6.92. The van der Waals surface area contributed by atoms with E-state index in [1.54, 1.807) is 38.1 Å². The van der Waals surface area contributed by atoms with Crippen molar-refractivity contribution >= 4 is 26.6 Å². The Labute approximate surface area is 201 Å². The van der Waals surface area contributed by atoms with Crippen LogP contribution in [-0.2, 0) is 23.9 Å². The van der Waals surface area contributed by atoms with Gasteiger partial charge in [0, 0.05) is 32.9 Å². The topological polar surface area (TPSA) is 126 Å². The Bertz CT molecular complexity index is 847. The van der Waals surface area contributed by atoms with Crippen LogP contribution in [-0.4, -0.2) is 73.1 Å². The minimum atomic E-state index is -1.88. The number of methoxy groups -OCH3 is 1. The molecule has 2 amide bonds. The monoisotopic (exact) mass is 493 g/mol. The molecule has 1 aromatic carbocycles. The van der Waals surface area contributed by atoms with Gasteiger partial charge in [-0.15, -0.1) is 6.42 Å². The fourth-order valence-electron chi connectivity index (χ4n) is 2.70. The molecule has 34 heavy (non-hydrogen) atoms. The van der Waals surface area contributed by atoms with Gasteiger partial charge in [0.1, 0.15) is 17.6 Å². The van der Waals surface area contributed by atoms with Crippen LogP contribution in [0.4, 0.5) is 0 Å². The highest BCUT2D eigenvalue weighted by Crippen LogP contribution is 2.42. The SMILES string of the molecule is C#CC(CC(OC)C(O)P(NC(C)C(=O)OCC)Oc1ccccc1)N(C=O)/C=C\C(=O)NC. The maximum atomic E-state index is 12.1. The van der Waals surface area contributed by atoms with E-state index < -0.39 is 44.2 Å². The standard InChI is InChI=1S/C23H32N3O7P/c1-6-18(26(16-27)14-13-21(28)24-4)15-20(31-5)23(30)34(25-17(3)22(29)32-7-2)33-19-11-9-8-10-12-19/h1,8-14,16-18,20,23,25,30H,7,15H2,2-5H3,(H,24,28)/b14-13-. The molecule has 0 aliphatic rings. The first-order valence-electron chi connectivity index (χ1n) is 10.6. The average molecular weight is 493 g/mol. The third-order valence-corrected chi connectivity index (χ3v) is 6.42. The Morgan fingerprint density at radius 3 is 2.53 bits per heavy atom. The second kappa shape index (κ2) is 15.8. The van der Waals surface area contributed by atoms with Gasteiger partial charge >= 0.3 is 5.97 Å². The van der Waals surface area contributed by atoms with Crippen LogP contribution in [0.1, 0.15) is 20.3 Å². The van der Waals surface area contributed by atoms with Gasteiger partial charge in [0.15, 0.2) is 8.30 Å². The Balaban J connectivity index is 3.10. The fourth-order valence-corrected chi connectivity index (χ4v) is 4.39. The van der Waals surface area contributed by atoms with E-state index in [0.29, 0.717) is 12.2 Å². The number of aliphatic hydroxyl groups excluding tert-OH is 1. The van der Waals surface area contributed by atoms with Crippen LogP contribution in [0.15, 0.2) is 42.6 Å². The first-order valence-corrected chi connectivity index (χ1v) is 11.9. The van der Waals surface area contributed by atoms with Crippen molar-refractivity contribution in [2.24, 2.45) is 0 Å². The molecule has 0 aliphatic carbocycles. The van der Waals surface area contributed by atoms with Crippen molar-refractivity contribution < 1.29 is 33.5 Å². The number of amides is 2. The van der Waals surface area contributed by atoms with Crippen molar-refractivity contribution in [3.8, 4) is 18.1 Å². The molecule has 0 bridgehead atoms. The van der Waals surface area contributed by atoms with E-state index in [0.717, 1.165) is 11.0 Å². The summed E-state index contributed by atoms with van der Waals surface area (Å²) in [5, 5.41) is 16.5. The smallest absolute Gasteiger partial charge is 0.323 e. The van der Waals surface area contributed by atoms with E-state index in [1.807, 2.05) is 6.07 Å². The lowest BCUT2D eigenvalue weighted by atomic mass is 10.1. The highest BCUT2D eigenvalue weighted by molar-refractivity contribution is 7.51. The molecule has 0 aliphatic heterocycles. The molecule has 5 unspecified atom stereocenters. The summed E-state index contributed by atoms with van der Waals surface area (Å²) in [5.41, 5.74) is 0. The van der Waals surface area contributed by atoms with Crippen molar-refractivity contribution in [1.29, 1.82) is 0 Å². The molecule has 0 radical (unpaired) electrons. The first-order chi connectivity index (χ1) is 16.3. The molecule has 0 spiro atoms. The summed E-state index contributed by atoms with van der Waals surface area (Å²) in [4.78, 5) is 36.3. The van der Waals surface area contributed by atoms with E-state index in [9.17, 15) is 19.5 Å². The van der Waals surface area contributed by atoms with Crippen LogP contribution in [0.5, 0.6) is 5.75 Å². The van der Waals surface area contributed by atoms with Gasteiger partial charge in [-0.25, -0.2) is 5.09 Å². The molecule has 1 aromatic rings. The van der Waals surface area contributed by atoms with Gasteiger partial charge in [-0.3, -0.25) is 14.4 Å². The van der Waals surface area contributed by atoms with Crippen molar-refractivity contribution in [1.82, 2.24) is 15.3 Å². The van der Waals surface area contributed by atoms with Crippen molar-refractivity contribution in [3.63, 3.8) is 0 Å². The highest BCUT2D eigenvalue weighted by atomic mass is 31.2. The summed E-state index contributed by atoms with van der Waals surface area (Å²) in [7, 11) is 0.955. The number of hydrogen-bond acceptors (Lipinski definition) is 8. The normalized spacial score (nSPS) is 15.3. The van der Waals surface area contributed by atoms with Gasteiger partial charge in [0.2, 0.25) is 12.3 Å². The number of benzene rings is 1. The second-order valence-corrected chi connectivity index (χ2v) is 8.54. The minimum Gasteiger partial charge on any atom is -0.465 e. The van der Waals surface area contributed by atoms with Crippen molar-refractivity contribution in [2.75, 3.05) is 20.8 Å². The lowest BCUT2D eigenvalue weighted by Gasteiger charge is -2.32. The molecule has 5 atom stereocenters. The molecule has 1 rings (SSSR count). The molecule has 10 nitrogen and oxygen atoms in total. The molecule has 11 heteroatoms. The molecule has 0 saturated carbocycles. The number of nitrogens with one attached hydrogen (secondary N) is 2. The van der Waals surface area contributed by atoms with E-state index in [4.69, 9.17) is 20.4 Å². The fraction of sp³-hybridized carbons (Fsp3) is 0.435. The number of likely N-dealkylation sites (N-methyl/N-ethyl adjacent to an activating group) is 1. The number of para-hydroxylation sites is 1. The zero-order valence-corrected chi connectivity index (χ0v) is 20.6. The Hall–Kier alpha value is -2.96. The molecule has 0 saturated heterocycles. The predicted molar refractivity (Wildman–Crippen MR) is 128 cm³/mol. The quantitative estimate of drug-likeness (QED) is 0.110. The van der Waals surface area contributed by atoms with Crippen molar-refractivity contribution in [2.45, 2.75) is 44.3 Å². The zero-order valence-electron chi connectivity index (χ0n) is 19.7. The first kappa shape index (κ1) is 29.1. The average Bonchev–Trinajstić information content (AvgIpc) is 2.85. The van der Waals surface area contributed by atoms with E-state index in [1.165, 1.54) is 20.4 Å². The third-order valence-electron chi connectivity index (χ3n) is 4.56. The van der Waals surface area contributed by atoms with Gasteiger partial charge in [-0.05, 0) is 26.0 Å². The minimum absolute atomic E-state index is 0.0252. The lowest BCUT2D eigenvalue weighted by Crippen LogP contribution is -2.41. The predicted octanol–water partition coefficient (Wildman–Crippen LogP) is 1.36. The van der Waals surface area contributed by atoms with Crippen LogP contribution >= 0.6 is 8.30 Å². The molecular weight excluding hydrogens is 461 g/mol. The van der Waals surface area contributed by atoms with Crippen LogP contribution < -0.4 is 14.9 Å². The number of hydrogen-bond donors (Lipinski definition) is 3. The number of carbonyl (C=O) groups excluding carboxylic acids is 3. The zero-order chi connectivity index (χ0) is 25.5. The van der Waals surface area contributed by atoms with E-state index in [2.05, 4.69) is 16.3 Å². The Morgan fingerprint density at radius 2 is 2.00 bits per heavy atom. The van der Waals surface area contributed by atoms with Gasteiger partial charge in [-0.1, -0.05) is 24.1 Å². The van der Waals surface area contributed by atoms with Gasteiger partial charge in [0.05, 0.1) is 18.8 Å². The molecule has 3 N–H and O–H groups in total. The number of nitrogens with zero attached hydrogens (tertiary/aromatic N) is 1. The largest absolute Gasteiger partial charge is 0.465 e. The lowest BCUT2D eigenvalue weighted by molar-refractivity contribution is -0.144. The summed E-state index contributed by atoms with van der Waals surface area (Å²) >= 11 is 0. The third kappa shape index (κ3) is 9.49. The maximum absolute atomic E-state index is 12.1. The summed E-state index contributed by atoms with van der Waals surface area (Å²) in [6.07, 6.45) is 7.65. The summed E-state index contributed by atoms with van der Waals surface area (Å²) in [6, 6.07) is 7.18. The van der Waals surface area contributed by atoms with Gasteiger partial charge in [-0.2, -0.15) is 0 Å². The Morgan fingerprint density at radius 1 is 1.32 bits per heavy atom. The number of rotatable bonds is 15. The number of esters is 1. The maximum Gasteiger partial charge on any atom is 0.323 e. The van der Waals surface area contributed by atoms with Crippen molar-refractivity contribution in [3.05, 3.63) is 42.6 Å². The molecule has 186 valence electrons. The van der Waals surface area contributed by atoms with Crippen LogP contribution in [0, 0.1) is 12.3 Å². The summed E-state index contributed by atoms with van der Waals surface area (Å²) in [5.74, 6) is 0.787. The number of terminal acetylenes is 1. The highest BCUT2D eigenvalue weighted by Gasteiger charge is 2.35. The summed E-state index contributed by atoms with van der Waals surface area (Å²) in [6.45, 7) is 3.50. The van der Waals surface area contributed by atoms with E-state index >= 15 is 0 Å². The van der Waals surface area contributed by atoms with Crippen LogP contribution in [0.3, 0.4) is 0 Å². The van der Waals surface area contributed by atoms with Crippen LogP contribution in [0.2, 0.25) is 0 Å². The number of carbonyl (C=O) groups is 3. The number of ether oxygens (including phenoxy) is 2.